The third-order valence-electron chi connectivity index (χ3n) is 22.1. The maximum Gasteiger partial charge on any atom is 0.351 e. The van der Waals surface area contributed by atoms with Crippen LogP contribution in [0.25, 0.3) is 77.9 Å². The van der Waals surface area contributed by atoms with E-state index in [0.29, 0.717) is 115 Å². The first kappa shape index (κ1) is 83.9. The number of rotatable bonds is 38. The van der Waals surface area contributed by atoms with Gasteiger partial charge >= 0.3 is 35.7 Å². The molecule has 0 saturated carbocycles. The standard InChI is InChI=1S/C93H98F4O14S2/c1-12-22-60(23-13-2)46-47-91(93(96,97)92(94,95)70(24-14-3)25-15-4)78-51-64(68-36-44-76-74-42-34-66(53-81(74)112(103,104)83(76)55-68)62-28-26-61(27-29-62)50-80(98)85(110-88(100)58(7)8)86(90(102)107-11)111-89(101)59(9)10)32-40-72(78)73-41-33-65(52-79(73)91)69-37-45-77-75-43-35-67(54-82(75)113(105,106)84(77)56-69)63-30-38-71(39-31-63)108-48-20-18-16-17-19-21-49-109-87(99)57(5)6/h26-45,51-56,60,70,85-86H,5,7,9,12-25,46-50H2,1-4,6,8,10-11H3/t85-,86-,91?/m0/s1. The topological polar surface area (TPSA) is 200 Å². The summed E-state index contributed by atoms with van der Waals surface area (Å²) in [5.41, 5.74) is 4.13. The minimum Gasteiger partial charge on any atom is -0.494 e. The van der Waals surface area contributed by atoms with Crippen molar-refractivity contribution in [1.29, 1.82) is 0 Å². The second-order valence-corrected chi connectivity index (χ2v) is 34.0. The largest absolute Gasteiger partial charge is 0.494 e. The molecule has 2 aliphatic heterocycles. The van der Waals surface area contributed by atoms with Crippen LogP contribution in [-0.4, -0.2) is 90.9 Å². The zero-order valence-electron chi connectivity index (χ0n) is 65.4. The number of fused-ring (bicyclic) bond motifs is 9. The van der Waals surface area contributed by atoms with E-state index in [1.54, 1.807) is 136 Å². The maximum absolute atomic E-state index is 19.3. The molecule has 3 aliphatic rings. The molecule has 2 heterocycles. The number of carbonyl (C=O) groups excluding carboxylic acids is 5. The number of methoxy groups -OCH3 is 1. The van der Waals surface area contributed by atoms with Crippen LogP contribution in [0.5, 0.6) is 5.75 Å². The number of Topliss-reactive ketones (excluding diaryl/α,β-unsaturated/α-hetero) is 1. The Bertz CT molecular complexity index is 5230. The molecule has 8 aromatic carbocycles. The predicted molar refractivity (Wildman–Crippen MR) is 431 cm³/mol. The molecule has 0 bridgehead atoms. The molecule has 14 nitrogen and oxygen atoms in total. The summed E-state index contributed by atoms with van der Waals surface area (Å²) in [5, 5.41) is 0. The second-order valence-electron chi connectivity index (χ2n) is 30.2. The van der Waals surface area contributed by atoms with Gasteiger partial charge in [-0.25, -0.2) is 36.0 Å². The van der Waals surface area contributed by atoms with Gasteiger partial charge in [0.1, 0.15) is 5.75 Å². The first-order chi connectivity index (χ1) is 53.9. The molecule has 0 N–H and O–H groups in total. The number of sulfone groups is 2. The van der Waals surface area contributed by atoms with Crippen molar-refractivity contribution in [3.8, 4) is 83.6 Å². The average molecular weight is 1580 g/mol. The first-order valence-corrected chi connectivity index (χ1v) is 42.0. The van der Waals surface area contributed by atoms with E-state index in [9.17, 15) is 32.4 Å². The molecule has 11 rings (SSSR count). The zero-order valence-corrected chi connectivity index (χ0v) is 67.1. The summed E-state index contributed by atoms with van der Waals surface area (Å²) in [6.07, 6.45) is 4.11. The van der Waals surface area contributed by atoms with Crippen molar-refractivity contribution in [3.05, 3.63) is 211 Å². The van der Waals surface area contributed by atoms with Crippen molar-refractivity contribution < 1.29 is 82.1 Å². The van der Waals surface area contributed by atoms with Crippen molar-refractivity contribution in [2.24, 2.45) is 11.8 Å². The van der Waals surface area contributed by atoms with Crippen molar-refractivity contribution in [2.75, 3.05) is 20.3 Å². The average Bonchev–Trinajstić information content (AvgIpc) is 1.56. The molecule has 3 atom stereocenters. The normalized spacial score (nSPS) is 15.2. The zero-order chi connectivity index (χ0) is 81.5. The molecular formula is C93H98F4O14S2. The third-order valence-corrected chi connectivity index (χ3v) is 25.7. The van der Waals surface area contributed by atoms with E-state index < -0.39 is 85.2 Å². The number of carbonyl (C=O) groups is 5. The van der Waals surface area contributed by atoms with Crippen LogP contribution in [0.4, 0.5) is 17.6 Å². The van der Waals surface area contributed by atoms with Crippen molar-refractivity contribution in [2.45, 2.75) is 207 Å². The van der Waals surface area contributed by atoms with Crippen LogP contribution in [0.15, 0.2) is 214 Å². The van der Waals surface area contributed by atoms with E-state index in [0.717, 1.165) is 64.0 Å². The number of hydrogen-bond acceptors (Lipinski definition) is 14. The SMILES string of the molecule is C=C(C)C(=O)OCCCCCCCCOc1ccc(-c2ccc3c(c2)S(=O)(=O)c2cc(-c4ccc5c(c4)C(CCC(CCC)CCC)(C(F)(F)C(F)(F)C(CCC)CCC)c4cc(-c6ccc7c(c6)S(=O)(=O)c6cc(-c8ccc(CC(=O)[C@H](OC(=O)C(=C)C)[C@H](OC(=O)C(=C)C)C(=O)OC)cc8)ccc6-7)ccc4-5)ccc2-3)cc1. The summed E-state index contributed by atoms with van der Waals surface area (Å²) in [4.78, 5) is 64.0. The summed E-state index contributed by atoms with van der Waals surface area (Å²) in [6.45, 7) is 23.3. The van der Waals surface area contributed by atoms with E-state index >= 15 is 26.0 Å². The Labute approximate surface area is 660 Å². The van der Waals surface area contributed by atoms with Crippen LogP contribution >= 0.6 is 0 Å². The Morgan fingerprint density at radius 1 is 0.434 bits per heavy atom. The quantitative estimate of drug-likeness (QED) is 0.0116. The monoisotopic (exact) mass is 1580 g/mol. The summed E-state index contributed by atoms with van der Waals surface area (Å²) in [6, 6.07) is 44.0. The molecule has 1 unspecified atom stereocenters. The lowest BCUT2D eigenvalue weighted by Gasteiger charge is -2.46. The third kappa shape index (κ3) is 17.0. The second kappa shape index (κ2) is 35.1. The Hall–Kier alpha value is -10.1. The van der Waals surface area contributed by atoms with Gasteiger partial charge in [-0.1, -0.05) is 221 Å². The predicted octanol–water partition coefficient (Wildman–Crippen LogP) is 21.8. The van der Waals surface area contributed by atoms with Gasteiger partial charge in [0.15, 0.2) is 5.78 Å². The fourth-order valence-electron chi connectivity index (χ4n) is 16.1. The number of benzene rings is 8. The minimum atomic E-state index is -4.75. The molecule has 0 saturated heterocycles. The Morgan fingerprint density at radius 3 is 1.20 bits per heavy atom. The highest BCUT2D eigenvalue weighted by Gasteiger charge is 2.73. The lowest BCUT2D eigenvalue weighted by molar-refractivity contribution is -0.266. The van der Waals surface area contributed by atoms with Gasteiger partial charge in [0.2, 0.25) is 31.9 Å². The number of halogens is 4. The summed E-state index contributed by atoms with van der Waals surface area (Å²) in [5.74, 6) is -14.9. The summed E-state index contributed by atoms with van der Waals surface area (Å²) >= 11 is 0. The number of unbranched alkanes of at least 4 members (excludes halogenated alkanes) is 5. The Morgan fingerprint density at radius 2 is 0.796 bits per heavy atom. The van der Waals surface area contributed by atoms with Gasteiger partial charge in [0.25, 0.3) is 0 Å². The fraction of sp³-hybridized carbons (Fsp3) is 0.366. The lowest BCUT2D eigenvalue weighted by Crippen LogP contribution is -2.59. The summed E-state index contributed by atoms with van der Waals surface area (Å²) in [7, 11) is -7.47. The molecule has 8 aromatic rings. The van der Waals surface area contributed by atoms with Crippen LogP contribution in [0.3, 0.4) is 0 Å². The number of ether oxygens (including phenoxy) is 5. The molecule has 0 aromatic heterocycles. The molecule has 0 amide bonds. The smallest absolute Gasteiger partial charge is 0.351 e. The van der Waals surface area contributed by atoms with Gasteiger partial charge < -0.3 is 23.7 Å². The lowest BCUT2D eigenvalue weighted by atomic mass is 9.64. The van der Waals surface area contributed by atoms with Gasteiger partial charge in [-0.05, 0) is 186 Å². The number of hydrogen-bond donors (Lipinski definition) is 0. The van der Waals surface area contributed by atoms with Crippen LogP contribution in [0.2, 0.25) is 0 Å². The minimum absolute atomic E-state index is 0.00392. The first-order valence-electron chi connectivity index (χ1n) is 39.0. The molecule has 0 radical (unpaired) electrons. The molecule has 1 aliphatic carbocycles. The van der Waals surface area contributed by atoms with Gasteiger partial charge in [0, 0.05) is 51.3 Å². The van der Waals surface area contributed by atoms with Crippen molar-refractivity contribution in [1.82, 2.24) is 0 Å². The molecule has 0 spiro atoms. The van der Waals surface area contributed by atoms with E-state index in [-0.39, 0.29) is 92.3 Å². The van der Waals surface area contributed by atoms with Crippen molar-refractivity contribution >= 4 is 49.3 Å². The van der Waals surface area contributed by atoms with Crippen LogP contribution in [0, 0.1) is 11.8 Å². The highest BCUT2D eigenvalue weighted by Crippen LogP contribution is 2.65. The van der Waals surface area contributed by atoms with Gasteiger partial charge in [-0.3, -0.25) is 4.79 Å². The Kier molecular flexibility index (Phi) is 26.1. The summed E-state index contributed by atoms with van der Waals surface area (Å²) < 4.78 is 162. The number of ketones is 1. The Balaban J connectivity index is 0.900. The van der Waals surface area contributed by atoms with Crippen LogP contribution in [-0.2, 0) is 74.4 Å². The highest BCUT2D eigenvalue weighted by molar-refractivity contribution is 7.92. The molecular weight excluding hydrogens is 1480 g/mol. The van der Waals surface area contributed by atoms with Gasteiger partial charge in [-0.2, -0.15) is 17.6 Å². The van der Waals surface area contributed by atoms with E-state index in [2.05, 4.69) is 19.7 Å². The van der Waals surface area contributed by atoms with E-state index in [1.807, 2.05) is 44.2 Å². The van der Waals surface area contributed by atoms with E-state index in [1.165, 1.54) is 26.0 Å². The van der Waals surface area contributed by atoms with Gasteiger partial charge in [0.05, 0.1) is 45.3 Å². The highest BCUT2D eigenvalue weighted by atomic mass is 32.2. The molecule has 113 heavy (non-hydrogen) atoms. The number of alkyl halides is 4. The fourth-order valence-corrected chi connectivity index (χ4v) is 19.6. The molecule has 0 fully saturated rings. The maximum atomic E-state index is 19.3. The van der Waals surface area contributed by atoms with Gasteiger partial charge in [-0.15, -0.1) is 0 Å². The molecule has 20 heteroatoms. The molecule has 594 valence electrons. The van der Waals surface area contributed by atoms with Crippen molar-refractivity contribution in [3.63, 3.8) is 0 Å². The van der Waals surface area contributed by atoms with E-state index in [4.69, 9.17) is 23.7 Å². The van der Waals surface area contributed by atoms with Crippen LogP contribution in [0.1, 0.15) is 168 Å². The number of esters is 4. The van der Waals surface area contributed by atoms with Crippen LogP contribution < -0.4 is 4.74 Å².